The molecule has 0 saturated heterocycles. The highest BCUT2D eigenvalue weighted by Gasteiger charge is 2.08. The van der Waals surface area contributed by atoms with Gasteiger partial charge in [-0.25, -0.2) is 8.42 Å². The number of hydrogen-bond donors (Lipinski definition) is 1. The van der Waals surface area contributed by atoms with Crippen LogP contribution in [0.25, 0.3) is 0 Å². The Kier molecular flexibility index (Phi) is 4.47. The van der Waals surface area contributed by atoms with Crippen LogP contribution in [0.2, 0.25) is 0 Å². The molecule has 6 heteroatoms. The van der Waals surface area contributed by atoms with Crippen molar-refractivity contribution in [2.75, 3.05) is 30.5 Å². The van der Waals surface area contributed by atoms with E-state index in [2.05, 4.69) is 4.98 Å². The van der Waals surface area contributed by atoms with Gasteiger partial charge in [-0.2, -0.15) is 0 Å². The van der Waals surface area contributed by atoms with Gasteiger partial charge < -0.3 is 10.0 Å². The van der Waals surface area contributed by atoms with E-state index in [0.717, 1.165) is 5.69 Å². The second-order valence-corrected chi connectivity index (χ2v) is 6.43. The number of pyridine rings is 1. The number of aromatic nitrogens is 1. The van der Waals surface area contributed by atoms with Crippen molar-refractivity contribution >= 4 is 15.5 Å². The van der Waals surface area contributed by atoms with Gasteiger partial charge in [0.2, 0.25) is 0 Å². The van der Waals surface area contributed by atoms with E-state index in [1.54, 1.807) is 19.2 Å². The molecule has 1 aromatic rings. The van der Waals surface area contributed by atoms with E-state index < -0.39 is 15.9 Å². The average Bonchev–Trinajstić information content (AvgIpc) is 2.25. The SMILES string of the molecule is CC(O)c1ccc(N(C)CCS(C)(=O)=O)cn1. The third-order valence-electron chi connectivity index (χ3n) is 2.44. The van der Waals surface area contributed by atoms with Gasteiger partial charge in [-0.1, -0.05) is 0 Å². The highest BCUT2D eigenvalue weighted by molar-refractivity contribution is 7.90. The summed E-state index contributed by atoms with van der Waals surface area (Å²) in [5, 5.41) is 9.31. The lowest BCUT2D eigenvalue weighted by Crippen LogP contribution is -2.25. The van der Waals surface area contributed by atoms with Crippen molar-refractivity contribution < 1.29 is 13.5 Å². The lowest BCUT2D eigenvalue weighted by Gasteiger charge is -2.18. The van der Waals surface area contributed by atoms with Gasteiger partial charge >= 0.3 is 0 Å². The largest absolute Gasteiger partial charge is 0.387 e. The summed E-state index contributed by atoms with van der Waals surface area (Å²) in [5.74, 6) is 0.113. The first-order valence-corrected chi connectivity index (χ1v) is 7.38. The van der Waals surface area contributed by atoms with E-state index >= 15 is 0 Å². The number of aliphatic hydroxyl groups excluding tert-OH is 1. The maximum Gasteiger partial charge on any atom is 0.149 e. The molecule has 0 saturated carbocycles. The second kappa shape index (κ2) is 5.46. The van der Waals surface area contributed by atoms with E-state index in [1.165, 1.54) is 6.26 Å². The maximum atomic E-state index is 11.0. The van der Waals surface area contributed by atoms with Crippen LogP contribution in [0.4, 0.5) is 5.69 Å². The van der Waals surface area contributed by atoms with Crippen molar-refractivity contribution in [1.82, 2.24) is 4.98 Å². The van der Waals surface area contributed by atoms with E-state index in [1.807, 2.05) is 18.0 Å². The number of rotatable bonds is 5. The standard InChI is InChI=1S/C11H18N2O3S/c1-9(14)11-5-4-10(8-12-11)13(2)6-7-17(3,15)16/h4-5,8-9,14H,6-7H2,1-3H3. The normalized spacial score (nSPS) is 13.4. The van der Waals surface area contributed by atoms with Crippen LogP contribution in [-0.4, -0.2) is 44.1 Å². The van der Waals surface area contributed by atoms with Gasteiger partial charge in [0.05, 0.1) is 29.4 Å². The topological polar surface area (TPSA) is 70.5 Å². The third kappa shape index (κ3) is 4.70. The Morgan fingerprint density at radius 1 is 1.47 bits per heavy atom. The Hall–Kier alpha value is -1.14. The van der Waals surface area contributed by atoms with Crippen LogP contribution >= 0.6 is 0 Å². The van der Waals surface area contributed by atoms with Gasteiger partial charge in [0.25, 0.3) is 0 Å². The Morgan fingerprint density at radius 2 is 2.12 bits per heavy atom. The lowest BCUT2D eigenvalue weighted by atomic mass is 10.2. The van der Waals surface area contributed by atoms with Gasteiger partial charge in [-0.05, 0) is 19.1 Å². The van der Waals surface area contributed by atoms with Crippen molar-refractivity contribution in [3.63, 3.8) is 0 Å². The molecule has 0 aliphatic heterocycles. The number of nitrogens with zero attached hydrogens (tertiary/aromatic N) is 2. The summed E-state index contributed by atoms with van der Waals surface area (Å²) in [6.45, 7) is 2.07. The van der Waals surface area contributed by atoms with Crippen LogP contribution in [0.15, 0.2) is 18.3 Å². The zero-order valence-corrected chi connectivity index (χ0v) is 11.1. The van der Waals surface area contributed by atoms with Crippen LogP contribution in [0, 0.1) is 0 Å². The van der Waals surface area contributed by atoms with Crippen molar-refractivity contribution in [3.8, 4) is 0 Å². The summed E-state index contributed by atoms with van der Waals surface area (Å²) in [7, 11) is -1.14. The molecular weight excluding hydrogens is 240 g/mol. The number of aliphatic hydroxyl groups is 1. The smallest absolute Gasteiger partial charge is 0.149 e. The molecule has 1 atom stereocenters. The van der Waals surface area contributed by atoms with Gasteiger partial charge in [0, 0.05) is 19.8 Å². The predicted octanol–water partition coefficient (Wildman–Crippen LogP) is 0.616. The minimum Gasteiger partial charge on any atom is -0.387 e. The molecule has 96 valence electrons. The number of sulfone groups is 1. The molecule has 0 spiro atoms. The molecule has 1 aromatic heterocycles. The summed E-state index contributed by atoms with van der Waals surface area (Å²) in [5.41, 5.74) is 1.43. The lowest BCUT2D eigenvalue weighted by molar-refractivity contribution is 0.194. The summed E-state index contributed by atoms with van der Waals surface area (Å²) >= 11 is 0. The highest BCUT2D eigenvalue weighted by atomic mass is 32.2. The molecule has 1 rings (SSSR count). The fraction of sp³-hybridized carbons (Fsp3) is 0.545. The second-order valence-electron chi connectivity index (χ2n) is 4.17. The predicted molar refractivity (Wildman–Crippen MR) is 67.9 cm³/mol. The van der Waals surface area contributed by atoms with Crippen LogP contribution < -0.4 is 4.90 Å². The van der Waals surface area contributed by atoms with Gasteiger partial charge in [-0.15, -0.1) is 0 Å². The van der Waals surface area contributed by atoms with Crippen molar-refractivity contribution in [2.45, 2.75) is 13.0 Å². The molecule has 0 radical (unpaired) electrons. The third-order valence-corrected chi connectivity index (χ3v) is 3.36. The van der Waals surface area contributed by atoms with Gasteiger partial charge in [0.15, 0.2) is 0 Å². The van der Waals surface area contributed by atoms with Crippen LogP contribution in [0.3, 0.4) is 0 Å². The Morgan fingerprint density at radius 3 is 2.53 bits per heavy atom. The van der Waals surface area contributed by atoms with Crippen molar-refractivity contribution in [3.05, 3.63) is 24.0 Å². The molecular formula is C11H18N2O3S. The van der Waals surface area contributed by atoms with E-state index in [9.17, 15) is 13.5 Å². The first-order chi connectivity index (χ1) is 7.79. The fourth-order valence-corrected chi connectivity index (χ4v) is 1.91. The molecule has 1 unspecified atom stereocenters. The van der Waals surface area contributed by atoms with E-state index in [0.29, 0.717) is 12.2 Å². The molecule has 0 aliphatic rings. The highest BCUT2D eigenvalue weighted by Crippen LogP contribution is 2.14. The van der Waals surface area contributed by atoms with Crippen molar-refractivity contribution in [1.29, 1.82) is 0 Å². The van der Waals surface area contributed by atoms with E-state index in [-0.39, 0.29) is 5.75 Å². The van der Waals surface area contributed by atoms with Crippen LogP contribution in [0.1, 0.15) is 18.7 Å². The van der Waals surface area contributed by atoms with E-state index in [4.69, 9.17) is 0 Å². The molecule has 1 heterocycles. The van der Waals surface area contributed by atoms with Gasteiger partial charge in [0.1, 0.15) is 9.84 Å². The molecule has 17 heavy (non-hydrogen) atoms. The monoisotopic (exact) mass is 258 g/mol. The summed E-state index contributed by atoms with van der Waals surface area (Å²) in [4.78, 5) is 5.92. The molecule has 0 amide bonds. The minimum atomic E-state index is -2.95. The molecule has 1 N–H and O–H groups in total. The molecule has 0 fully saturated rings. The summed E-state index contributed by atoms with van der Waals surface area (Å²) in [6.07, 6.45) is 2.25. The first-order valence-electron chi connectivity index (χ1n) is 5.32. The Balaban J connectivity index is 2.67. The van der Waals surface area contributed by atoms with Crippen molar-refractivity contribution in [2.24, 2.45) is 0 Å². The summed E-state index contributed by atoms with van der Waals surface area (Å²) < 4.78 is 22.1. The Bertz CT molecular complexity index is 454. The zero-order chi connectivity index (χ0) is 13.1. The maximum absolute atomic E-state index is 11.0. The van der Waals surface area contributed by atoms with Gasteiger partial charge in [-0.3, -0.25) is 4.98 Å². The number of anilines is 1. The molecule has 0 aromatic carbocycles. The molecule has 0 bridgehead atoms. The molecule has 0 aliphatic carbocycles. The number of hydrogen-bond acceptors (Lipinski definition) is 5. The quantitative estimate of drug-likeness (QED) is 0.838. The molecule has 5 nitrogen and oxygen atoms in total. The Labute approximate surface area is 102 Å². The fourth-order valence-electron chi connectivity index (χ4n) is 1.30. The van der Waals surface area contributed by atoms with Crippen LogP contribution in [0.5, 0.6) is 0 Å². The average molecular weight is 258 g/mol. The minimum absolute atomic E-state index is 0.113. The zero-order valence-electron chi connectivity index (χ0n) is 10.3. The van der Waals surface area contributed by atoms with Crippen LogP contribution in [-0.2, 0) is 9.84 Å². The summed E-state index contributed by atoms with van der Waals surface area (Å²) in [6, 6.07) is 3.55. The first kappa shape index (κ1) is 13.9.